The first-order valence-corrected chi connectivity index (χ1v) is 8.27. The third-order valence-electron chi connectivity index (χ3n) is 4.17. The lowest BCUT2D eigenvalue weighted by Gasteiger charge is -2.20. The summed E-state index contributed by atoms with van der Waals surface area (Å²) in [6.07, 6.45) is 4.05. The summed E-state index contributed by atoms with van der Waals surface area (Å²) < 4.78 is 7.47. The number of hydrogen-bond acceptors (Lipinski definition) is 5. The zero-order chi connectivity index (χ0) is 17.8. The average molecular weight is 342 g/mol. The van der Waals surface area contributed by atoms with Gasteiger partial charge in [-0.3, -0.25) is 9.59 Å². The number of aromatic nitrogens is 2. The van der Waals surface area contributed by atoms with Crippen LogP contribution in [0.15, 0.2) is 47.5 Å². The minimum absolute atomic E-state index is 0.0578. The van der Waals surface area contributed by atoms with Gasteiger partial charge in [0.1, 0.15) is 12.6 Å². The van der Waals surface area contributed by atoms with Crippen LogP contribution in [0, 0.1) is 0 Å². The van der Waals surface area contributed by atoms with Gasteiger partial charge in [0.15, 0.2) is 11.6 Å². The van der Waals surface area contributed by atoms with Crippen LogP contribution >= 0.6 is 0 Å². The van der Waals surface area contributed by atoms with Crippen LogP contribution in [-0.4, -0.2) is 53.6 Å². The third kappa shape index (κ3) is 3.99. The van der Waals surface area contributed by atoms with Crippen molar-refractivity contribution in [3.8, 4) is 5.75 Å². The normalized spacial score (nSPS) is 16.7. The van der Waals surface area contributed by atoms with Crippen LogP contribution in [0.4, 0.5) is 5.82 Å². The Morgan fingerprint density at radius 1 is 1.32 bits per heavy atom. The number of rotatable bonds is 5. The highest BCUT2D eigenvalue weighted by Gasteiger charge is 2.28. The molecule has 132 valence electrons. The maximum Gasteiger partial charge on any atom is 0.250 e. The quantitative estimate of drug-likeness (QED) is 0.811. The molecule has 2 aromatic heterocycles. The van der Waals surface area contributed by atoms with E-state index in [9.17, 15) is 9.59 Å². The van der Waals surface area contributed by atoms with Crippen molar-refractivity contribution in [1.82, 2.24) is 14.5 Å². The summed E-state index contributed by atoms with van der Waals surface area (Å²) in [6, 6.07) is 8.59. The van der Waals surface area contributed by atoms with Crippen molar-refractivity contribution in [3.05, 3.63) is 53.1 Å². The van der Waals surface area contributed by atoms with Crippen molar-refractivity contribution in [1.29, 1.82) is 0 Å². The summed E-state index contributed by atoms with van der Waals surface area (Å²) in [5, 5.41) is 0. The molecule has 1 unspecified atom stereocenters. The van der Waals surface area contributed by atoms with Gasteiger partial charge in [-0.05, 0) is 18.2 Å². The van der Waals surface area contributed by atoms with E-state index in [-0.39, 0.29) is 24.1 Å². The van der Waals surface area contributed by atoms with E-state index >= 15 is 0 Å². The molecule has 1 aliphatic heterocycles. The highest BCUT2D eigenvalue weighted by Crippen LogP contribution is 2.26. The van der Waals surface area contributed by atoms with Crippen LogP contribution in [-0.2, 0) is 11.3 Å². The molecule has 0 radical (unpaired) electrons. The summed E-state index contributed by atoms with van der Waals surface area (Å²) in [7, 11) is 3.83. The topological polar surface area (TPSA) is 67.7 Å². The number of carbonyl (C=O) groups excluding carboxylic acids is 1. The fourth-order valence-electron chi connectivity index (χ4n) is 2.88. The summed E-state index contributed by atoms with van der Waals surface area (Å²) in [6.45, 7) is 1.20. The zero-order valence-electron chi connectivity index (χ0n) is 14.5. The molecule has 1 fully saturated rings. The molecule has 7 heteroatoms. The van der Waals surface area contributed by atoms with Gasteiger partial charge < -0.3 is 19.1 Å². The summed E-state index contributed by atoms with van der Waals surface area (Å²) in [4.78, 5) is 32.1. The molecule has 0 spiro atoms. The minimum atomic E-state index is -0.172. The number of carbonyl (C=O) groups is 1. The Bertz CT molecular complexity index is 803. The summed E-state index contributed by atoms with van der Waals surface area (Å²) in [5.41, 5.74) is -0.172. The maximum atomic E-state index is 12.4. The Morgan fingerprint density at radius 2 is 2.16 bits per heavy atom. The molecule has 25 heavy (non-hydrogen) atoms. The lowest BCUT2D eigenvalue weighted by molar-refractivity contribution is -0.131. The highest BCUT2D eigenvalue weighted by molar-refractivity contribution is 5.76. The van der Waals surface area contributed by atoms with Crippen LogP contribution in [0.5, 0.6) is 5.75 Å². The molecule has 1 atom stereocenters. The van der Waals surface area contributed by atoms with Crippen molar-refractivity contribution in [3.63, 3.8) is 0 Å². The van der Waals surface area contributed by atoms with Gasteiger partial charge in [0.25, 0.3) is 5.56 Å². The minimum Gasteiger partial charge on any atom is -0.485 e. The lowest BCUT2D eigenvalue weighted by atomic mass is 10.3. The molecule has 0 aromatic carbocycles. The van der Waals surface area contributed by atoms with Crippen molar-refractivity contribution in [2.24, 2.45) is 0 Å². The molecule has 3 rings (SSSR count). The molecule has 2 aromatic rings. The number of nitrogens with zero attached hydrogens (tertiary/aromatic N) is 4. The number of hydrogen-bond donors (Lipinski definition) is 0. The molecule has 0 N–H and O–H groups in total. The number of ether oxygens (including phenoxy) is 1. The smallest absolute Gasteiger partial charge is 0.250 e. The van der Waals surface area contributed by atoms with Gasteiger partial charge in [-0.15, -0.1) is 0 Å². The molecule has 0 aliphatic carbocycles. The molecule has 1 aliphatic rings. The third-order valence-corrected chi connectivity index (χ3v) is 4.17. The van der Waals surface area contributed by atoms with Gasteiger partial charge in [0, 0.05) is 45.5 Å². The molecular formula is C18H22N4O3. The second kappa shape index (κ2) is 7.38. The second-order valence-electron chi connectivity index (χ2n) is 6.25. The first kappa shape index (κ1) is 17.0. The number of likely N-dealkylation sites (tertiary alicyclic amines) is 1. The average Bonchev–Trinajstić information content (AvgIpc) is 3.06. The van der Waals surface area contributed by atoms with Gasteiger partial charge in [0.05, 0.1) is 6.54 Å². The fourth-order valence-corrected chi connectivity index (χ4v) is 2.88. The van der Waals surface area contributed by atoms with E-state index in [0.717, 1.165) is 12.2 Å². The van der Waals surface area contributed by atoms with E-state index in [0.29, 0.717) is 18.8 Å². The molecule has 0 bridgehead atoms. The second-order valence-corrected chi connectivity index (χ2v) is 6.25. The maximum absolute atomic E-state index is 12.4. The van der Waals surface area contributed by atoms with E-state index < -0.39 is 0 Å². The fraction of sp³-hybridized carbons (Fsp3) is 0.389. The molecular weight excluding hydrogens is 320 g/mol. The summed E-state index contributed by atoms with van der Waals surface area (Å²) in [5.74, 6) is 1.41. The van der Waals surface area contributed by atoms with Crippen LogP contribution < -0.4 is 15.2 Å². The van der Waals surface area contributed by atoms with Crippen LogP contribution in [0.3, 0.4) is 0 Å². The molecule has 1 amide bonds. The van der Waals surface area contributed by atoms with Gasteiger partial charge >= 0.3 is 0 Å². The first-order chi connectivity index (χ1) is 12.0. The van der Waals surface area contributed by atoms with Crippen molar-refractivity contribution in [2.75, 3.05) is 32.1 Å². The zero-order valence-corrected chi connectivity index (χ0v) is 14.5. The van der Waals surface area contributed by atoms with Crippen LogP contribution in [0.2, 0.25) is 0 Å². The molecule has 7 nitrogen and oxygen atoms in total. The Morgan fingerprint density at radius 3 is 2.92 bits per heavy atom. The molecule has 0 saturated carbocycles. The number of pyridine rings is 2. The van der Waals surface area contributed by atoms with Gasteiger partial charge in [-0.25, -0.2) is 4.98 Å². The standard InChI is InChI=1S/C18H22N4O3/c1-20(2)18-15(6-5-9-19-18)25-14-8-11-22(12-14)17(24)13-21-10-4-3-7-16(21)23/h3-7,9-10,14H,8,11-13H2,1-2H3. The first-order valence-electron chi connectivity index (χ1n) is 8.27. The van der Waals surface area contributed by atoms with E-state index in [1.807, 2.05) is 31.1 Å². The van der Waals surface area contributed by atoms with Crippen LogP contribution in [0.1, 0.15) is 6.42 Å². The molecule has 1 saturated heterocycles. The Kier molecular flexibility index (Phi) is 5.02. The Balaban J connectivity index is 1.61. The largest absolute Gasteiger partial charge is 0.485 e. The van der Waals surface area contributed by atoms with E-state index in [1.54, 1.807) is 29.4 Å². The van der Waals surface area contributed by atoms with E-state index in [4.69, 9.17) is 4.74 Å². The van der Waals surface area contributed by atoms with Crippen LogP contribution in [0.25, 0.3) is 0 Å². The van der Waals surface area contributed by atoms with Gasteiger partial charge in [-0.2, -0.15) is 0 Å². The van der Waals surface area contributed by atoms with Crippen molar-refractivity contribution in [2.45, 2.75) is 19.1 Å². The number of amides is 1. The van der Waals surface area contributed by atoms with E-state index in [1.165, 1.54) is 10.6 Å². The van der Waals surface area contributed by atoms with Gasteiger partial charge in [0.2, 0.25) is 5.91 Å². The number of anilines is 1. The predicted molar refractivity (Wildman–Crippen MR) is 94.9 cm³/mol. The monoisotopic (exact) mass is 342 g/mol. The Labute approximate surface area is 146 Å². The predicted octanol–water partition coefficient (Wildman–Crippen LogP) is 0.989. The summed E-state index contributed by atoms with van der Waals surface area (Å²) >= 11 is 0. The van der Waals surface area contributed by atoms with Crippen molar-refractivity contribution >= 4 is 11.7 Å². The van der Waals surface area contributed by atoms with E-state index in [2.05, 4.69) is 4.98 Å². The van der Waals surface area contributed by atoms with Crippen molar-refractivity contribution < 1.29 is 9.53 Å². The SMILES string of the molecule is CN(C)c1ncccc1OC1CCN(C(=O)Cn2ccccc2=O)C1. The Hall–Kier alpha value is -2.83. The highest BCUT2D eigenvalue weighted by atomic mass is 16.5. The van der Waals surface area contributed by atoms with Gasteiger partial charge in [-0.1, -0.05) is 6.07 Å². The lowest BCUT2D eigenvalue weighted by Crippen LogP contribution is -2.35. The molecule has 3 heterocycles.